The van der Waals surface area contributed by atoms with Crippen molar-refractivity contribution in [3.05, 3.63) is 99.9 Å². The Labute approximate surface area is 160 Å². The van der Waals surface area contributed by atoms with Crippen molar-refractivity contribution < 1.29 is 14.1 Å². The van der Waals surface area contributed by atoms with Crippen molar-refractivity contribution in [2.45, 2.75) is 13.1 Å². The average Bonchev–Trinajstić information content (AvgIpc) is 3.18. The van der Waals surface area contributed by atoms with Gasteiger partial charge in [-0.05, 0) is 29.3 Å². The highest BCUT2D eigenvalue weighted by Gasteiger charge is 2.12. The molecule has 142 valence electrons. The summed E-state index contributed by atoms with van der Waals surface area (Å²) >= 11 is 0. The Kier molecular flexibility index (Phi) is 5.91. The lowest BCUT2D eigenvalue weighted by molar-refractivity contribution is -0.385. The van der Waals surface area contributed by atoms with Gasteiger partial charge in [-0.2, -0.15) is 0 Å². The van der Waals surface area contributed by atoms with E-state index in [1.54, 1.807) is 12.5 Å². The van der Waals surface area contributed by atoms with Gasteiger partial charge in [0.1, 0.15) is 5.82 Å². The van der Waals surface area contributed by atoms with Crippen LogP contribution in [0.5, 0.6) is 0 Å². The van der Waals surface area contributed by atoms with Crippen molar-refractivity contribution in [3.8, 4) is 0 Å². The molecular formula is C20H17FN4O3. The fraction of sp³-hybridized carbons (Fsp3) is 0.100. The van der Waals surface area contributed by atoms with Gasteiger partial charge in [0.2, 0.25) is 5.91 Å². The van der Waals surface area contributed by atoms with Crippen LogP contribution in [0, 0.1) is 15.9 Å². The average molecular weight is 380 g/mol. The van der Waals surface area contributed by atoms with Crippen molar-refractivity contribution in [3.63, 3.8) is 0 Å². The molecule has 1 heterocycles. The Bertz CT molecular complexity index is 1020. The lowest BCUT2D eigenvalue weighted by atomic mass is 10.1. The number of hydrogen-bond donors (Lipinski definition) is 1. The molecule has 2 aromatic carbocycles. The number of nitro benzene ring substituents is 1. The summed E-state index contributed by atoms with van der Waals surface area (Å²) in [5.74, 6) is -1.11. The van der Waals surface area contributed by atoms with E-state index in [2.05, 4.69) is 10.3 Å². The first-order valence-electron chi connectivity index (χ1n) is 8.44. The van der Waals surface area contributed by atoms with E-state index in [9.17, 15) is 19.3 Å². The first-order valence-corrected chi connectivity index (χ1v) is 8.44. The van der Waals surface area contributed by atoms with Gasteiger partial charge in [0.25, 0.3) is 5.69 Å². The standard InChI is InChI=1S/C20H17FN4O3/c21-18-6-4-17(19(11-18)25(27)28)5-7-20(26)23-12-15-2-1-3-16(10-15)13-24-9-8-22-14-24/h1-11,14H,12-13H2,(H,23,26). The van der Waals surface area contributed by atoms with Crippen LogP contribution >= 0.6 is 0 Å². The molecule has 8 heteroatoms. The molecule has 0 saturated carbocycles. The molecule has 1 aromatic heterocycles. The van der Waals surface area contributed by atoms with Crippen LogP contribution in [0.15, 0.2) is 67.3 Å². The molecule has 3 rings (SSSR count). The van der Waals surface area contributed by atoms with Gasteiger partial charge in [-0.3, -0.25) is 14.9 Å². The summed E-state index contributed by atoms with van der Waals surface area (Å²) in [6.45, 7) is 0.988. The van der Waals surface area contributed by atoms with Crippen molar-refractivity contribution in [2.24, 2.45) is 0 Å². The Morgan fingerprint density at radius 3 is 2.82 bits per heavy atom. The number of hydrogen-bond acceptors (Lipinski definition) is 4. The predicted molar refractivity (Wildman–Crippen MR) is 102 cm³/mol. The van der Waals surface area contributed by atoms with E-state index in [1.165, 1.54) is 18.2 Å². The first-order chi connectivity index (χ1) is 13.5. The second kappa shape index (κ2) is 8.72. The van der Waals surface area contributed by atoms with E-state index < -0.39 is 22.3 Å². The summed E-state index contributed by atoms with van der Waals surface area (Å²) in [5, 5.41) is 13.7. The predicted octanol–water partition coefficient (Wildman–Crippen LogP) is 3.31. The van der Waals surface area contributed by atoms with E-state index in [4.69, 9.17) is 0 Å². The summed E-state index contributed by atoms with van der Waals surface area (Å²) in [6, 6.07) is 11.0. The first kappa shape index (κ1) is 19.0. The number of carbonyl (C=O) groups is 1. The van der Waals surface area contributed by atoms with Crippen LogP contribution in [0.1, 0.15) is 16.7 Å². The Morgan fingerprint density at radius 2 is 2.07 bits per heavy atom. The van der Waals surface area contributed by atoms with Gasteiger partial charge < -0.3 is 9.88 Å². The number of rotatable bonds is 7. The fourth-order valence-corrected chi connectivity index (χ4v) is 2.66. The maximum Gasteiger partial charge on any atom is 0.279 e. The zero-order chi connectivity index (χ0) is 19.9. The molecule has 28 heavy (non-hydrogen) atoms. The summed E-state index contributed by atoms with van der Waals surface area (Å²) in [5.41, 5.74) is 1.76. The molecule has 0 aliphatic rings. The summed E-state index contributed by atoms with van der Waals surface area (Å²) in [6.07, 6.45) is 7.79. The molecule has 0 spiro atoms. The Morgan fingerprint density at radius 1 is 1.25 bits per heavy atom. The number of carbonyl (C=O) groups excluding carboxylic acids is 1. The third kappa shape index (κ3) is 5.10. The van der Waals surface area contributed by atoms with Crippen molar-refractivity contribution in [2.75, 3.05) is 0 Å². The third-order valence-electron chi connectivity index (χ3n) is 3.99. The maximum absolute atomic E-state index is 13.2. The molecule has 0 unspecified atom stereocenters. The van der Waals surface area contributed by atoms with Crippen LogP contribution in [0.2, 0.25) is 0 Å². The van der Waals surface area contributed by atoms with Crippen LogP contribution in [0.3, 0.4) is 0 Å². The molecule has 0 fully saturated rings. The number of halogens is 1. The van der Waals surface area contributed by atoms with E-state index in [1.807, 2.05) is 35.0 Å². The zero-order valence-corrected chi connectivity index (χ0v) is 14.8. The Hall–Kier alpha value is -3.81. The number of amides is 1. The fourth-order valence-electron chi connectivity index (χ4n) is 2.66. The number of nitro groups is 1. The molecule has 1 N–H and O–H groups in total. The minimum atomic E-state index is -0.705. The van der Waals surface area contributed by atoms with Gasteiger partial charge in [-0.25, -0.2) is 9.37 Å². The van der Waals surface area contributed by atoms with Crippen molar-refractivity contribution in [1.82, 2.24) is 14.9 Å². The molecule has 7 nitrogen and oxygen atoms in total. The van der Waals surface area contributed by atoms with Crippen LogP contribution in [0.25, 0.3) is 6.08 Å². The van der Waals surface area contributed by atoms with Crippen molar-refractivity contribution >= 4 is 17.7 Å². The van der Waals surface area contributed by atoms with Crippen LogP contribution in [-0.2, 0) is 17.9 Å². The molecule has 1 amide bonds. The number of nitrogens with one attached hydrogen (secondary N) is 1. The quantitative estimate of drug-likeness (QED) is 0.387. The lowest BCUT2D eigenvalue weighted by Gasteiger charge is -2.07. The second-order valence-corrected chi connectivity index (χ2v) is 6.07. The Balaban J connectivity index is 1.60. The third-order valence-corrected chi connectivity index (χ3v) is 3.99. The normalized spacial score (nSPS) is 10.9. The van der Waals surface area contributed by atoms with E-state index in [-0.39, 0.29) is 5.56 Å². The van der Waals surface area contributed by atoms with Crippen LogP contribution in [-0.4, -0.2) is 20.4 Å². The number of aromatic nitrogens is 2. The van der Waals surface area contributed by atoms with Gasteiger partial charge in [-0.1, -0.05) is 24.3 Å². The van der Waals surface area contributed by atoms with Crippen molar-refractivity contribution in [1.29, 1.82) is 0 Å². The number of imidazole rings is 1. The van der Waals surface area contributed by atoms with Gasteiger partial charge in [-0.15, -0.1) is 0 Å². The van der Waals surface area contributed by atoms with Crippen LogP contribution < -0.4 is 5.32 Å². The van der Waals surface area contributed by atoms with E-state index in [0.717, 1.165) is 23.3 Å². The van der Waals surface area contributed by atoms with Gasteiger partial charge in [0, 0.05) is 31.6 Å². The molecule has 0 radical (unpaired) electrons. The zero-order valence-electron chi connectivity index (χ0n) is 14.8. The van der Waals surface area contributed by atoms with E-state index >= 15 is 0 Å². The molecule has 3 aromatic rings. The molecule has 0 atom stereocenters. The monoisotopic (exact) mass is 380 g/mol. The van der Waals surface area contributed by atoms with Gasteiger partial charge in [0.15, 0.2) is 0 Å². The lowest BCUT2D eigenvalue weighted by Crippen LogP contribution is -2.20. The molecule has 0 aliphatic carbocycles. The maximum atomic E-state index is 13.2. The summed E-state index contributed by atoms with van der Waals surface area (Å²) < 4.78 is 15.1. The van der Waals surface area contributed by atoms with Crippen LogP contribution in [0.4, 0.5) is 10.1 Å². The molecular weight excluding hydrogens is 363 g/mol. The number of benzene rings is 2. The minimum Gasteiger partial charge on any atom is -0.348 e. The molecule has 0 saturated heterocycles. The van der Waals surface area contributed by atoms with Gasteiger partial charge >= 0.3 is 0 Å². The number of nitrogens with zero attached hydrogens (tertiary/aromatic N) is 3. The SMILES string of the molecule is O=C(C=Cc1ccc(F)cc1[N+](=O)[O-])NCc1cccc(Cn2ccnc2)c1. The molecule has 0 aliphatic heterocycles. The summed E-state index contributed by atoms with van der Waals surface area (Å²) in [4.78, 5) is 26.3. The highest BCUT2D eigenvalue weighted by atomic mass is 19.1. The highest BCUT2D eigenvalue weighted by Crippen LogP contribution is 2.21. The largest absolute Gasteiger partial charge is 0.348 e. The molecule has 0 bridgehead atoms. The van der Waals surface area contributed by atoms with Gasteiger partial charge in [0.05, 0.1) is 22.9 Å². The smallest absolute Gasteiger partial charge is 0.279 e. The highest BCUT2D eigenvalue weighted by molar-refractivity contribution is 5.92. The topological polar surface area (TPSA) is 90.1 Å². The summed E-state index contributed by atoms with van der Waals surface area (Å²) in [7, 11) is 0. The van der Waals surface area contributed by atoms with E-state index in [0.29, 0.717) is 13.1 Å². The second-order valence-electron chi connectivity index (χ2n) is 6.07. The minimum absolute atomic E-state index is 0.156.